The maximum atomic E-state index is 13.0. The Morgan fingerprint density at radius 3 is 2.51 bits per heavy atom. The summed E-state index contributed by atoms with van der Waals surface area (Å²) in [4.78, 5) is 39.8. The zero-order valence-corrected chi connectivity index (χ0v) is 21.7. The number of carbonyl (C=O) groups excluding carboxylic acids is 2. The molecule has 0 spiro atoms. The zero-order valence-electron chi connectivity index (χ0n) is 21.7. The third kappa shape index (κ3) is 5.96. The van der Waals surface area contributed by atoms with Gasteiger partial charge in [0.05, 0.1) is 10.9 Å². The molecule has 1 unspecified atom stereocenters. The Morgan fingerprint density at radius 1 is 1.14 bits per heavy atom. The first-order valence-corrected chi connectivity index (χ1v) is 12.7. The van der Waals surface area contributed by atoms with E-state index in [1.54, 1.807) is 35.2 Å². The number of likely N-dealkylation sites (tertiary alicyclic amines) is 1. The molecule has 1 aromatic heterocycles. The molecule has 8 nitrogen and oxygen atoms in total. The van der Waals surface area contributed by atoms with Gasteiger partial charge in [0.1, 0.15) is 16.9 Å². The van der Waals surface area contributed by atoms with Crippen molar-refractivity contribution in [1.82, 2.24) is 4.90 Å². The van der Waals surface area contributed by atoms with Crippen LogP contribution in [0.1, 0.15) is 64.0 Å². The molecule has 1 aliphatic rings. The number of nitrogens with one attached hydrogen (secondary N) is 1. The molecule has 37 heavy (non-hydrogen) atoms. The van der Waals surface area contributed by atoms with Crippen molar-refractivity contribution in [3.05, 3.63) is 70.1 Å². The highest BCUT2D eigenvalue weighted by Gasteiger charge is 2.30. The van der Waals surface area contributed by atoms with Gasteiger partial charge in [-0.1, -0.05) is 31.2 Å². The largest absolute Gasteiger partial charge is 0.507 e. The van der Waals surface area contributed by atoms with Gasteiger partial charge in [-0.2, -0.15) is 0 Å². The summed E-state index contributed by atoms with van der Waals surface area (Å²) in [5.41, 5.74) is 0.811. The topological polar surface area (TPSA) is 109 Å². The maximum absolute atomic E-state index is 13.0. The van der Waals surface area contributed by atoms with Crippen LogP contribution < -0.4 is 10.9 Å². The van der Waals surface area contributed by atoms with Crippen LogP contribution in [0, 0.1) is 5.92 Å². The van der Waals surface area contributed by atoms with Gasteiger partial charge in [0.2, 0.25) is 5.91 Å². The molecule has 1 atom stereocenters. The average molecular weight is 507 g/mol. The monoisotopic (exact) mass is 506 g/mol. The molecule has 0 radical (unpaired) electrons. The smallest absolute Gasteiger partial charge is 0.410 e. The number of hydrogen-bond donors (Lipinski definition) is 2. The van der Waals surface area contributed by atoms with Crippen LogP contribution in [-0.2, 0) is 9.53 Å². The Bertz CT molecular complexity index is 1350. The molecule has 2 amide bonds. The molecule has 2 heterocycles. The van der Waals surface area contributed by atoms with Gasteiger partial charge in [0.25, 0.3) is 0 Å². The van der Waals surface area contributed by atoms with Crippen LogP contribution in [0.3, 0.4) is 0 Å². The Morgan fingerprint density at radius 2 is 1.84 bits per heavy atom. The second-order valence-corrected chi connectivity index (χ2v) is 10.5. The molecular weight excluding hydrogens is 472 g/mol. The number of amides is 2. The van der Waals surface area contributed by atoms with Crippen molar-refractivity contribution in [3.8, 4) is 5.75 Å². The van der Waals surface area contributed by atoms with Gasteiger partial charge in [-0.15, -0.1) is 0 Å². The van der Waals surface area contributed by atoms with E-state index in [2.05, 4.69) is 5.32 Å². The van der Waals surface area contributed by atoms with Crippen molar-refractivity contribution in [2.45, 2.75) is 58.5 Å². The summed E-state index contributed by atoms with van der Waals surface area (Å²) < 4.78 is 10.9. The molecule has 8 heteroatoms. The van der Waals surface area contributed by atoms with Gasteiger partial charge in [0, 0.05) is 30.6 Å². The minimum absolute atomic E-state index is 0.0788. The fourth-order valence-electron chi connectivity index (χ4n) is 4.79. The van der Waals surface area contributed by atoms with Crippen molar-refractivity contribution >= 4 is 28.7 Å². The lowest BCUT2D eigenvalue weighted by Gasteiger charge is -2.33. The SMILES string of the molecule is CCC(c1cccc(NC(=O)C2CCN(C(=O)OC(C)(C)C)CC2)c1)c1c(O)c2ccccc2oc1=O. The van der Waals surface area contributed by atoms with Crippen molar-refractivity contribution in [1.29, 1.82) is 0 Å². The number of para-hydroxylation sites is 1. The number of nitrogens with zero attached hydrogens (tertiary/aromatic N) is 1. The summed E-state index contributed by atoms with van der Waals surface area (Å²) in [6.07, 6.45) is 1.30. The number of hydrogen-bond acceptors (Lipinski definition) is 6. The Labute approximate surface area is 216 Å². The molecule has 196 valence electrons. The van der Waals surface area contributed by atoms with Crippen molar-refractivity contribution < 1.29 is 23.8 Å². The van der Waals surface area contributed by atoms with E-state index in [0.717, 1.165) is 5.56 Å². The van der Waals surface area contributed by atoms with E-state index in [0.29, 0.717) is 49.0 Å². The molecule has 1 fully saturated rings. The first-order chi connectivity index (χ1) is 17.6. The predicted octanol–water partition coefficient (Wildman–Crippen LogP) is 5.63. The number of ether oxygens (including phenoxy) is 1. The molecule has 3 aromatic rings. The lowest BCUT2D eigenvalue weighted by Crippen LogP contribution is -2.43. The summed E-state index contributed by atoms with van der Waals surface area (Å²) in [7, 11) is 0. The molecule has 1 saturated heterocycles. The van der Waals surface area contributed by atoms with E-state index in [1.165, 1.54) is 0 Å². The lowest BCUT2D eigenvalue weighted by atomic mass is 9.88. The maximum Gasteiger partial charge on any atom is 0.410 e. The fourth-order valence-corrected chi connectivity index (χ4v) is 4.79. The number of fused-ring (bicyclic) bond motifs is 1. The van der Waals surface area contributed by atoms with Crippen LogP contribution >= 0.6 is 0 Å². The van der Waals surface area contributed by atoms with Crippen LogP contribution in [0.5, 0.6) is 5.75 Å². The standard InChI is InChI=1S/C29H34N2O6/c1-5-21(24-25(32)22-11-6-7-12-23(22)36-27(24)34)19-9-8-10-20(17-19)30-26(33)18-13-15-31(16-14-18)28(35)37-29(2,3)4/h6-12,17-18,21,32H,5,13-16H2,1-4H3,(H,30,33). The predicted molar refractivity (Wildman–Crippen MR) is 142 cm³/mol. The second-order valence-electron chi connectivity index (χ2n) is 10.5. The fraction of sp³-hybridized carbons (Fsp3) is 0.414. The van der Waals surface area contributed by atoms with Gasteiger partial charge in [0.15, 0.2) is 0 Å². The third-order valence-electron chi connectivity index (χ3n) is 6.65. The number of piperidine rings is 1. The van der Waals surface area contributed by atoms with Gasteiger partial charge in [-0.3, -0.25) is 4.79 Å². The van der Waals surface area contributed by atoms with E-state index in [-0.39, 0.29) is 29.2 Å². The third-order valence-corrected chi connectivity index (χ3v) is 6.65. The Balaban J connectivity index is 1.47. The van der Waals surface area contributed by atoms with E-state index < -0.39 is 17.1 Å². The van der Waals surface area contributed by atoms with E-state index in [4.69, 9.17) is 9.15 Å². The van der Waals surface area contributed by atoms with Gasteiger partial charge >= 0.3 is 11.7 Å². The zero-order chi connectivity index (χ0) is 26.7. The number of benzene rings is 2. The van der Waals surface area contributed by atoms with Gasteiger partial charge in [-0.25, -0.2) is 9.59 Å². The number of rotatable bonds is 5. The van der Waals surface area contributed by atoms with Crippen LogP contribution in [0.2, 0.25) is 0 Å². The number of carbonyl (C=O) groups is 2. The Hall–Kier alpha value is -3.81. The summed E-state index contributed by atoms with van der Waals surface area (Å²) in [5.74, 6) is -0.817. The van der Waals surface area contributed by atoms with Crippen LogP contribution in [0.15, 0.2) is 57.7 Å². The summed E-state index contributed by atoms with van der Waals surface area (Å²) >= 11 is 0. The molecule has 0 bridgehead atoms. The first kappa shape index (κ1) is 26.3. The molecular formula is C29H34N2O6. The molecule has 0 aliphatic carbocycles. The average Bonchev–Trinajstić information content (AvgIpc) is 2.85. The van der Waals surface area contributed by atoms with Gasteiger partial charge < -0.3 is 24.5 Å². The van der Waals surface area contributed by atoms with E-state index >= 15 is 0 Å². The molecule has 2 N–H and O–H groups in total. The number of aromatic hydroxyl groups is 1. The van der Waals surface area contributed by atoms with E-state index in [1.807, 2.05) is 45.9 Å². The highest BCUT2D eigenvalue weighted by atomic mass is 16.6. The molecule has 4 rings (SSSR count). The summed E-state index contributed by atoms with van der Waals surface area (Å²) in [6, 6.07) is 14.2. The highest BCUT2D eigenvalue weighted by Crippen LogP contribution is 2.36. The summed E-state index contributed by atoms with van der Waals surface area (Å²) in [6.45, 7) is 8.34. The minimum Gasteiger partial charge on any atom is -0.507 e. The van der Waals surface area contributed by atoms with E-state index in [9.17, 15) is 19.5 Å². The minimum atomic E-state index is -0.575. The lowest BCUT2D eigenvalue weighted by molar-refractivity contribution is -0.121. The normalized spacial score (nSPS) is 15.4. The van der Waals surface area contributed by atoms with Crippen LogP contribution in [0.4, 0.5) is 10.5 Å². The summed E-state index contributed by atoms with van der Waals surface area (Å²) in [5, 5.41) is 14.4. The van der Waals surface area contributed by atoms with Crippen LogP contribution in [0.25, 0.3) is 11.0 Å². The van der Waals surface area contributed by atoms with Crippen molar-refractivity contribution in [2.75, 3.05) is 18.4 Å². The van der Waals surface area contributed by atoms with Gasteiger partial charge in [-0.05, 0) is 69.9 Å². The quantitative estimate of drug-likeness (QED) is 0.434. The highest BCUT2D eigenvalue weighted by molar-refractivity contribution is 5.93. The second kappa shape index (κ2) is 10.7. The first-order valence-electron chi connectivity index (χ1n) is 12.7. The molecule has 2 aromatic carbocycles. The van der Waals surface area contributed by atoms with Crippen molar-refractivity contribution in [2.24, 2.45) is 5.92 Å². The molecule has 0 saturated carbocycles. The molecule has 1 aliphatic heterocycles. The van der Waals surface area contributed by atoms with Crippen LogP contribution in [-0.4, -0.2) is 40.7 Å². The Kier molecular flexibility index (Phi) is 7.57. The van der Waals surface area contributed by atoms with Crippen molar-refractivity contribution in [3.63, 3.8) is 0 Å². The number of anilines is 1.